The summed E-state index contributed by atoms with van der Waals surface area (Å²) in [7, 11) is 1.52. The van der Waals surface area contributed by atoms with Gasteiger partial charge in [-0.05, 0) is 18.6 Å². The number of aromatic nitrogens is 1. The summed E-state index contributed by atoms with van der Waals surface area (Å²) < 4.78 is 19.7. The van der Waals surface area contributed by atoms with Gasteiger partial charge >= 0.3 is 0 Å². The lowest BCUT2D eigenvalue weighted by molar-refractivity contribution is 0.411. The zero-order chi connectivity index (χ0) is 13.1. The van der Waals surface area contributed by atoms with E-state index in [1.165, 1.54) is 24.5 Å². The predicted molar refractivity (Wildman–Crippen MR) is 73.8 cm³/mol. The van der Waals surface area contributed by atoms with E-state index in [-0.39, 0.29) is 5.82 Å². The minimum Gasteiger partial charge on any atom is -0.497 e. The number of hydrogen-bond acceptors (Lipinski definition) is 5. The Morgan fingerprint density at radius 2 is 2.28 bits per heavy atom. The molecule has 0 aliphatic heterocycles. The second-order valence-corrected chi connectivity index (χ2v) is 5.95. The fraction of sp³-hybridized carbons (Fsp3) is 0.250. The normalized spacial score (nSPS) is 10.6. The first-order chi connectivity index (χ1) is 8.60. The zero-order valence-electron chi connectivity index (χ0n) is 10.1. The standard InChI is InChI=1S/C12H13FN2OS2/c1-7-11(18-12(14)15-7)17-6-8-3-4-9(16-2)5-10(8)13/h3-5H,6H2,1-2H3,(H2,14,15). The average molecular weight is 284 g/mol. The van der Waals surface area contributed by atoms with E-state index < -0.39 is 0 Å². The van der Waals surface area contributed by atoms with Gasteiger partial charge in [0.15, 0.2) is 5.13 Å². The maximum absolute atomic E-state index is 13.7. The molecule has 0 fully saturated rings. The fourth-order valence-electron chi connectivity index (χ4n) is 1.45. The van der Waals surface area contributed by atoms with E-state index in [0.29, 0.717) is 22.2 Å². The van der Waals surface area contributed by atoms with Crippen molar-refractivity contribution in [2.24, 2.45) is 0 Å². The Balaban J connectivity index is 2.08. The van der Waals surface area contributed by atoms with Crippen LogP contribution < -0.4 is 10.5 Å². The lowest BCUT2D eigenvalue weighted by Gasteiger charge is -2.05. The summed E-state index contributed by atoms with van der Waals surface area (Å²) in [6.45, 7) is 1.90. The van der Waals surface area contributed by atoms with E-state index in [1.807, 2.05) is 6.92 Å². The summed E-state index contributed by atoms with van der Waals surface area (Å²) >= 11 is 2.97. The van der Waals surface area contributed by atoms with E-state index in [1.54, 1.807) is 23.9 Å². The fourth-order valence-corrected chi connectivity index (χ4v) is 3.46. The molecule has 0 aliphatic rings. The van der Waals surface area contributed by atoms with Crippen LogP contribution in [0.5, 0.6) is 5.75 Å². The number of hydrogen-bond donors (Lipinski definition) is 1. The molecule has 0 saturated heterocycles. The molecule has 1 heterocycles. The Bertz CT molecular complexity index is 557. The van der Waals surface area contributed by atoms with Gasteiger partial charge in [-0.3, -0.25) is 0 Å². The van der Waals surface area contributed by atoms with Gasteiger partial charge in [0.2, 0.25) is 0 Å². The molecule has 2 aromatic rings. The number of nitrogens with two attached hydrogens (primary N) is 1. The van der Waals surface area contributed by atoms with Crippen molar-refractivity contribution < 1.29 is 9.13 Å². The smallest absolute Gasteiger partial charge is 0.181 e. The number of benzene rings is 1. The van der Waals surface area contributed by atoms with E-state index in [2.05, 4.69) is 4.98 Å². The highest BCUT2D eigenvalue weighted by Crippen LogP contribution is 2.33. The largest absolute Gasteiger partial charge is 0.497 e. The Morgan fingerprint density at radius 1 is 1.50 bits per heavy atom. The van der Waals surface area contributed by atoms with E-state index >= 15 is 0 Å². The number of rotatable bonds is 4. The van der Waals surface area contributed by atoms with Crippen molar-refractivity contribution in [1.82, 2.24) is 4.98 Å². The molecule has 6 heteroatoms. The number of nitrogens with zero attached hydrogens (tertiary/aromatic N) is 1. The lowest BCUT2D eigenvalue weighted by Crippen LogP contribution is -1.90. The Kier molecular flexibility index (Phi) is 4.08. The van der Waals surface area contributed by atoms with Gasteiger partial charge < -0.3 is 10.5 Å². The van der Waals surface area contributed by atoms with Crippen LogP contribution in [0.15, 0.2) is 22.4 Å². The van der Waals surface area contributed by atoms with Crippen LogP contribution in [-0.2, 0) is 5.75 Å². The van der Waals surface area contributed by atoms with Crippen molar-refractivity contribution in [3.8, 4) is 5.75 Å². The number of aryl methyl sites for hydroxylation is 1. The van der Waals surface area contributed by atoms with Crippen LogP contribution >= 0.6 is 23.1 Å². The molecule has 0 saturated carbocycles. The molecule has 1 aromatic carbocycles. The molecule has 96 valence electrons. The third-order valence-electron chi connectivity index (χ3n) is 2.39. The number of thioether (sulfide) groups is 1. The molecular weight excluding hydrogens is 271 g/mol. The van der Waals surface area contributed by atoms with E-state index in [9.17, 15) is 4.39 Å². The van der Waals surface area contributed by atoms with E-state index in [4.69, 9.17) is 10.5 Å². The second-order valence-electron chi connectivity index (χ2n) is 3.67. The van der Waals surface area contributed by atoms with Crippen molar-refractivity contribution in [3.05, 3.63) is 35.3 Å². The van der Waals surface area contributed by atoms with Gasteiger partial charge in [0, 0.05) is 11.8 Å². The first-order valence-electron chi connectivity index (χ1n) is 5.28. The van der Waals surface area contributed by atoms with Crippen LogP contribution in [0.25, 0.3) is 0 Å². The van der Waals surface area contributed by atoms with Crippen molar-refractivity contribution in [3.63, 3.8) is 0 Å². The predicted octanol–water partition coefficient (Wildman–Crippen LogP) is 3.47. The third-order valence-corrected chi connectivity index (χ3v) is 4.79. The van der Waals surface area contributed by atoms with Crippen molar-refractivity contribution in [1.29, 1.82) is 0 Å². The molecule has 0 unspecified atom stereocenters. The van der Waals surface area contributed by atoms with Gasteiger partial charge in [0.05, 0.1) is 17.0 Å². The summed E-state index contributed by atoms with van der Waals surface area (Å²) in [5.41, 5.74) is 7.16. The van der Waals surface area contributed by atoms with Gasteiger partial charge in [-0.25, -0.2) is 9.37 Å². The number of thiazole rings is 1. The highest BCUT2D eigenvalue weighted by molar-refractivity contribution is 8.00. The molecule has 18 heavy (non-hydrogen) atoms. The van der Waals surface area contributed by atoms with Crippen LogP contribution in [0.3, 0.4) is 0 Å². The van der Waals surface area contributed by atoms with Crippen molar-refractivity contribution >= 4 is 28.2 Å². The van der Waals surface area contributed by atoms with Crippen LogP contribution in [-0.4, -0.2) is 12.1 Å². The maximum atomic E-state index is 13.7. The zero-order valence-corrected chi connectivity index (χ0v) is 11.7. The number of anilines is 1. The summed E-state index contributed by atoms with van der Waals surface area (Å²) in [6, 6.07) is 4.89. The molecule has 0 atom stereocenters. The maximum Gasteiger partial charge on any atom is 0.181 e. The molecule has 0 aliphatic carbocycles. The second kappa shape index (κ2) is 5.58. The Morgan fingerprint density at radius 3 is 2.83 bits per heavy atom. The first kappa shape index (κ1) is 13.2. The van der Waals surface area contributed by atoms with Gasteiger partial charge in [-0.2, -0.15) is 0 Å². The quantitative estimate of drug-likeness (QED) is 0.873. The molecule has 1 aromatic heterocycles. The molecule has 0 amide bonds. The highest BCUT2D eigenvalue weighted by Gasteiger charge is 2.09. The van der Waals surface area contributed by atoms with Crippen LogP contribution in [0.1, 0.15) is 11.3 Å². The monoisotopic (exact) mass is 284 g/mol. The number of nitrogen functional groups attached to an aromatic ring is 1. The summed E-state index contributed by atoms with van der Waals surface area (Å²) in [5, 5.41) is 0.546. The van der Waals surface area contributed by atoms with Gasteiger partial charge in [0.25, 0.3) is 0 Å². The first-order valence-corrected chi connectivity index (χ1v) is 7.08. The van der Waals surface area contributed by atoms with Crippen molar-refractivity contribution in [2.75, 3.05) is 12.8 Å². The number of methoxy groups -OCH3 is 1. The van der Waals surface area contributed by atoms with Gasteiger partial charge in [-0.15, -0.1) is 11.8 Å². The molecule has 0 radical (unpaired) electrons. The molecule has 2 rings (SSSR count). The summed E-state index contributed by atoms with van der Waals surface area (Å²) in [6.07, 6.45) is 0. The van der Waals surface area contributed by atoms with Crippen LogP contribution in [0.4, 0.5) is 9.52 Å². The summed E-state index contributed by atoms with van der Waals surface area (Å²) in [5.74, 6) is 0.828. The third kappa shape index (κ3) is 2.94. The minimum atomic E-state index is -0.253. The molecule has 0 spiro atoms. The Hall–Kier alpha value is -1.27. The molecular formula is C12H13FN2OS2. The SMILES string of the molecule is COc1ccc(CSc2sc(N)nc2C)c(F)c1. The minimum absolute atomic E-state index is 0.253. The lowest BCUT2D eigenvalue weighted by atomic mass is 10.2. The highest BCUT2D eigenvalue weighted by atomic mass is 32.2. The van der Waals surface area contributed by atoms with Gasteiger partial charge in [0.1, 0.15) is 11.6 Å². The topological polar surface area (TPSA) is 48.1 Å². The van der Waals surface area contributed by atoms with E-state index in [0.717, 1.165) is 9.90 Å². The Labute approximate surface area is 113 Å². The molecule has 2 N–H and O–H groups in total. The van der Waals surface area contributed by atoms with Crippen molar-refractivity contribution in [2.45, 2.75) is 16.9 Å². The number of halogens is 1. The van der Waals surface area contributed by atoms with Crippen LogP contribution in [0.2, 0.25) is 0 Å². The van der Waals surface area contributed by atoms with Gasteiger partial charge in [-0.1, -0.05) is 17.4 Å². The summed E-state index contributed by atoms with van der Waals surface area (Å²) in [4.78, 5) is 4.13. The molecule has 3 nitrogen and oxygen atoms in total. The number of ether oxygens (including phenoxy) is 1. The average Bonchev–Trinajstić information content (AvgIpc) is 2.66. The molecule has 0 bridgehead atoms. The van der Waals surface area contributed by atoms with Crippen LogP contribution in [0, 0.1) is 12.7 Å².